The second kappa shape index (κ2) is 9.16. The Labute approximate surface area is 159 Å². The van der Waals surface area contributed by atoms with Crippen LogP contribution in [0.4, 0.5) is 11.5 Å². The third-order valence-corrected chi connectivity index (χ3v) is 4.61. The summed E-state index contributed by atoms with van der Waals surface area (Å²) in [5.74, 6) is 0.0989. The minimum atomic E-state index is -0.451. The Morgan fingerprint density at radius 2 is 1.85 bits per heavy atom. The van der Waals surface area contributed by atoms with Crippen LogP contribution in [0, 0.1) is 0 Å². The van der Waals surface area contributed by atoms with Crippen molar-refractivity contribution in [1.29, 1.82) is 0 Å². The molecule has 1 aliphatic heterocycles. The standard InChI is InChI=1S/C21H25N3O3/c1-2-27-21(26)17-9-5-6-10-18(17)23-20(25)16-11-12-22-19(15-16)24-13-7-3-4-8-14-24/h5-6,9-12,15H,2-4,7-8,13-14H2,1H3,(H,23,25). The molecule has 0 unspecified atom stereocenters. The third kappa shape index (κ3) is 4.84. The van der Waals surface area contributed by atoms with Crippen molar-refractivity contribution in [3.05, 3.63) is 53.7 Å². The molecule has 2 aromatic rings. The second-order valence-electron chi connectivity index (χ2n) is 6.52. The van der Waals surface area contributed by atoms with Crippen molar-refractivity contribution in [2.75, 3.05) is 29.9 Å². The lowest BCUT2D eigenvalue weighted by Gasteiger charge is -2.21. The maximum Gasteiger partial charge on any atom is 0.340 e. The normalized spacial score (nSPS) is 14.3. The molecule has 1 N–H and O–H groups in total. The van der Waals surface area contributed by atoms with Gasteiger partial charge in [0.05, 0.1) is 17.9 Å². The molecule has 0 atom stereocenters. The zero-order chi connectivity index (χ0) is 19.1. The highest BCUT2D eigenvalue weighted by molar-refractivity contribution is 6.08. The van der Waals surface area contributed by atoms with Crippen molar-refractivity contribution < 1.29 is 14.3 Å². The lowest BCUT2D eigenvalue weighted by molar-refractivity contribution is 0.0527. The van der Waals surface area contributed by atoms with E-state index in [1.807, 2.05) is 6.07 Å². The number of esters is 1. The summed E-state index contributed by atoms with van der Waals surface area (Å²) < 4.78 is 5.06. The summed E-state index contributed by atoms with van der Waals surface area (Å²) in [4.78, 5) is 31.5. The first kappa shape index (κ1) is 18.9. The minimum absolute atomic E-state index is 0.273. The van der Waals surface area contributed by atoms with E-state index in [9.17, 15) is 9.59 Å². The fourth-order valence-electron chi connectivity index (χ4n) is 3.21. The van der Waals surface area contributed by atoms with Crippen LogP contribution in [-0.4, -0.2) is 36.6 Å². The van der Waals surface area contributed by atoms with Gasteiger partial charge >= 0.3 is 5.97 Å². The topological polar surface area (TPSA) is 71.5 Å². The fourth-order valence-corrected chi connectivity index (χ4v) is 3.21. The number of para-hydroxylation sites is 1. The molecular formula is C21H25N3O3. The molecular weight excluding hydrogens is 342 g/mol. The number of amides is 1. The molecule has 0 saturated carbocycles. The molecule has 142 valence electrons. The molecule has 27 heavy (non-hydrogen) atoms. The minimum Gasteiger partial charge on any atom is -0.462 e. The van der Waals surface area contributed by atoms with Gasteiger partial charge in [0.1, 0.15) is 5.82 Å². The van der Waals surface area contributed by atoms with Crippen molar-refractivity contribution in [3.63, 3.8) is 0 Å². The average molecular weight is 367 g/mol. The number of pyridine rings is 1. The van der Waals surface area contributed by atoms with Gasteiger partial charge in [0, 0.05) is 24.8 Å². The van der Waals surface area contributed by atoms with Gasteiger partial charge in [-0.3, -0.25) is 4.79 Å². The first-order valence-corrected chi connectivity index (χ1v) is 9.47. The van der Waals surface area contributed by atoms with Crippen LogP contribution in [0.25, 0.3) is 0 Å². The Morgan fingerprint density at radius 3 is 2.59 bits per heavy atom. The number of nitrogens with one attached hydrogen (secondary N) is 1. The predicted octanol–water partition coefficient (Wildman–Crippen LogP) is 3.89. The Balaban J connectivity index is 1.77. The van der Waals surface area contributed by atoms with Crippen molar-refractivity contribution in [2.45, 2.75) is 32.6 Å². The summed E-state index contributed by atoms with van der Waals surface area (Å²) in [5.41, 5.74) is 1.30. The van der Waals surface area contributed by atoms with Gasteiger partial charge in [0.2, 0.25) is 0 Å². The molecule has 1 amide bonds. The van der Waals surface area contributed by atoms with E-state index in [0.29, 0.717) is 16.8 Å². The number of anilines is 2. The van der Waals surface area contributed by atoms with Crippen LogP contribution in [0.5, 0.6) is 0 Å². The zero-order valence-corrected chi connectivity index (χ0v) is 15.6. The van der Waals surface area contributed by atoms with Crippen molar-refractivity contribution in [2.24, 2.45) is 0 Å². The van der Waals surface area contributed by atoms with E-state index < -0.39 is 5.97 Å². The first-order valence-electron chi connectivity index (χ1n) is 9.47. The molecule has 2 heterocycles. The summed E-state index contributed by atoms with van der Waals surface area (Å²) in [6.45, 7) is 3.96. The lowest BCUT2D eigenvalue weighted by Crippen LogP contribution is -2.25. The summed E-state index contributed by atoms with van der Waals surface area (Å²) in [5, 5.41) is 2.82. The highest BCUT2D eigenvalue weighted by Crippen LogP contribution is 2.20. The van der Waals surface area contributed by atoms with Gasteiger partial charge in [-0.25, -0.2) is 9.78 Å². The van der Waals surface area contributed by atoms with Crippen LogP contribution in [0.2, 0.25) is 0 Å². The highest BCUT2D eigenvalue weighted by atomic mass is 16.5. The van der Waals surface area contributed by atoms with E-state index in [0.717, 1.165) is 31.7 Å². The number of rotatable bonds is 5. The molecule has 6 nitrogen and oxygen atoms in total. The maximum absolute atomic E-state index is 12.7. The number of hydrogen-bond acceptors (Lipinski definition) is 5. The molecule has 1 aromatic carbocycles. The van der Waals surface area contributed by atoms with Gasteiger partial charge in [0.15, 0.2) is 0 Å². The summed E-state index contributed by atoms with van der Waals surface area (Å²) >= 11 is 0. The van der Waals surface area contributed by atoms with Gasteiger partial charge < -0.3 is 15.0 Å². The molecule has 0 bridgehead atoms. The Kier molecular flexibility index (Phi) is 6.41. The second-order valence-corrected chi connectivity index (χ2v) is 6.52. The number of carbonyl (C=O) groups is 2. The fraction of sp³-hybridized carbons (Fsp3) is 0.381. The number of ether oxygens (including phenoxy) is 1. The maximum atomic E-state index is 12.7. The van der Waals surface area contributed by atoms with Crippen LogP contribution in [0.3, 0.4) is 0 Å². The molecule has 1 saturated heterocycles. The molecule has 1 aliphatic rings. The number of hydrogen-bond donors (Lipinski definition) is 1. The highest BCUT2D eigenvalue weighted by Gasteiger charge is 2.17. The summed E-state index contributed by atoms with van der Waals surface area (Å²) in [6.07, 6.45) is 6.42. The third-order valence-electron chi connectivity index (χ3n) is 4.61. The number of benzene rings is 1. The molecule has 1 fully saturated rings. The van der Waals surface area contributed by atoms with Crippen LogP contribution in [0.15, 0.2) is 42.6 Å². The van der Waals surface area contributed by atoms with E-state index >= 15 is 0 Å². The largest absolute Gasteiger partial charge is 0.462 e. The van der Waals surface area contributed by atoms with Gasteiger partial charge in [-0.15, -0.1) is 0 Å². The summed E-state index contributed by atoms with van der Waals surface area (Å²) in [6, 6.07) is 10.3. The van der Waals surface area contributed by atoms with E-state index in [4.69, 9.17) is 4.74 Å². The van der Waals surface area contributed by atoms with Crippen LogP contribution >= 0.6 is 0 Å². The smallest absolute Gasteiger partial charge is 0.340 e. The van der Waals surface area contributed by atoms with Crippen LogP contribution in [0.1, 0.15) is 53.3 Å². The zero-order valence-electron chi connectivity index (χ0n) is 15.6. The Hall–Kier alpha value is -2.89. The SMILES string of the molecule is CCOC(=O)c1ccccc1NC(=O)c1ccnc(N2CCCCCC2)c1. The summed E-state index contributed by atoms with van der Waals surface area (Å²) in [7, 11) is 0. The predicted molar refractivity (Wildman–Crippen MR) is 105 cm³/mol. The quantitative estimate of drug-likeness (QED) is 0.812. The van der Waals surface area contributed by atoms with E-state index in [-0.39, 0.29) is 12.5 Å². The van der Waals surface area contributed by atoms with Crippen molar-refractivity contribution in [1.82, 2.24) is 4.98 Å². The van der Waals surface area contributed by atoms with Gasteiger partial charge in [-0.2, -0.15) is 0 Å². The van der Waals surface area contributed by atoms with Crippen molar-refractivity contribution >= 4 is 23.4 Å². The van der Waals surface area contributed by atoms with Gasteiger partial charge in [-0.1, -0.05) is 25.0 Å². The van der Waals surface area contributed by atoms with Crippen LogP contribution < -0.4 is 10.2 Å². The Morgan fingerprint density at radius 1 is 1.11 bits per heavy atom. The monoisotopic (exact) mass is 367 g/mol. The number of carbonyl (C=O) groups excluding carboxylic acids is 2. The van der Waals surface area contributed by atoms with E-state index in [2.05, 4.69) is 15.2 Å². The van der Waals surface area contributed by atoms with E-state index in [1.54, 1.807) is 43.5 Å². The molecule has 0 radical (unpaired) electrons. The van der Waals surface area contributed by atoms with Gasteiger partial charge in [0.25, 0.3) is 5.91 Å². The Bertz CT molecular complexity index is 799. The molecule has 1 aromatic heterocycles. The van der Waals surface area contributed by atoms with Crippen molar-refractivity contribution in [3.8, 4) is 0 Å². The molecule has 0 spiro atoms. The first-order chi connectivity index (χ1) is 13.2. The van der Waals surface area contributed by atoms with Crippen LogP contribution in [-0.2, 0) is 4.74 Å². The average Bonchev–Trinajstić information content (AvgIpc) is 2.98. The molecule has 6 heteroatoms. The number of aromatic nitrogens is 1. The van der Waals surface area contributed by atoms with E-state index in [1.165, 1.54) is 12.8 Å². The molecule has 3 rings (SSSR count). The lowest BCUT2D eigenvalue weighted by atomic mass is 10.1. The van der Waals surface area contributed by atoms with Gasteiger partial charge in [-0.05, 0) is 44.0 Å². The molecule has 0 aliphatic carbocycles. The number of nitrogens with zero attached hydrogens (tertiary/aromatic N) is 2.